The van der Waals surface area contributed by atoms with Crippen molar-refractivity contribution in [2.45, 2.75) is 6.04 Å². The molecule has 78 valence electrons. The van der Waals surface area contributed by atoms with Gasteiger partial charge in [-0.05, 0) is 17.7 Å². The van der Waals surface area contributed by atoms with Crippen molar-refractivity contribution in [2.24, 2.45) is 0 Å². The number of hydrogen-bond acceptors (Lipinski definition) is 2. The molecule has 2 rings (SSSR count). The van der Waals surface area contributed by atoms with Crippen LogP contribution >= 0.6 is 11.6 Å². The van der Waals surface area contributed by atoms with Gasteiger partial charge in [0.2, 0.25) is 0 Å². The molecule has 1 aromatic rings. The first-order valence-electron chi connectivity index (χ1n) is 4.14. The smallest absolute Gasteiger partial charge is 0.322 e. The molecular weight excluding hydrogens is 223 g/mol. The number of rotatable bonds is 1. The molecule has 0 unspecified atom stereocenters. The minimum atomic E-state index is -0.843. The summed E-state index contributed by atoms with van der Waals surface area (Å²) in [5.74, 6) is -1.12. The molecule has 4 nitrogen and oxygen atoms in total. The highest BCUT2D eigenvalue weighted by Gasteiger charge is 2.31. The summed E-state index contributed by atoms with van der Waals surface area (Å²) >= 11 is 5.49. The predicted molar refractivity (Wildman–Crippen MR) is 50.8 cm³/mol. The highest BCUT2D eigenvalue weighted by molar-refractivity contribution is 6.30. The van der Waals surface area contributed by atoms with Crippen LogP contribution in [-0.2, 0) is 4.79 Å². The largest absolute Gasteiger partial charge is 0.322 e. The molecule has 0 aromatic heterocycles. The molecule has 1 aromatic carbocycles. The Balaban J connectivity index is 2.34. The first-order valence-corrected chi connectivity index (χ1v) is 4.52. The molecule has 1 aliphatic rings. The van der Waals surface area contributed by atoms with Gasteiger partial charge in [-0.2, -0.15) is 0 Å². The SMILES string of the molecule is O=C1NC(=O)[C@H](c2ccc(Cl)c(F)c2)N1. The van der Waals surface area contributed by atoms with Crippen LogP contribution < -0.4 is 10.6 Å². The average Bonchev–Trinajstić information content (AvgIpc) is 2.50. The molecule has 1 saturated heterocycles. The summed E-state index contributed by atoms with van der Waals surface area (Å²) in [6, 6.07) is 2.52. The highest BCUT2D eigenvalue weighted by Crippen LogP contribution is 2.21. The quantitative estimate of drug-likeness (QED) is 0.713. The molecular formula is C9H6ClFN2O2. The van der Waals surface area contributed by atoms with Crippen LogP contribution in [0.2, 0.25) is 5.02 Å². The molecule has 2 N–H and O–H groups in total. The van der Waals surface area contributed by atoms with Crippen LogP contribution in [0.4, 0.5) is 9.18 Å². The lowest BCUT2D eigenvalue weighted by atomic mass is 10.1. The molecule has 1 aliphatic heterocycles. The van der Waals surface area contributed by atoms with Crippen molar-refractivity contribution in [2.75, 3.05) is 0 Å². The zero-order valence-electron chi connectivity index (χ0n) is 7.38. The fourth-order valence-corrected chi connectivity index (χ4v) is 1.46. The van der Waals surface area contributed by atoms with Crippen molar-refractivity contribution in [3.63, 3.8) is 0 Å². The first-order chi connectivity index (χ1) is 7.08. The third-order valence-corrected chi connectivity index (χ3v) is 2.36. The van der Waals surface area contributed by atoms with E-state index in [1.807, 2.05) is 0 Å². The molecule has 3 amide bonds. The van der Waals surface area contributed by atoms with Gasteiger partial charge in [-0.25, -0.2) is 9.18 Å². The Morgan fingerprint density at radius 2 is 2.07 bits per heavy atom. The summed E-state index contributed by atoms with van der Waals surface area (Å²) in [6.07, 6.45) is 0. The second-order valence-electron chi connectivity index (χ2n) is 3.07. The third kappa shape index (κ3) is 1.78. The van der Waals surface area contributed by atoms with Gasteiger partial charge in [0.05, 0.1) is 5.02 Å². The third-order valence-electron chi connectivity index (χ3n) is 2.05. The standard InChI is InChI=1S/C9H6ClFN2O2/c10-5-2-1-4(3-6(5)11)7-8(14)13-9(15)12-7/h1-3,7H,(H2,12,13,14,15)/t7-/m0/s1. The lowest BCUT2D eigenvalue weighted by molar-refractivity contribution is -0.120. The summed E-state index contributed by atoms with van der Waals surface area (Å²) in [7, 11) is 0. The van der Waals surface area contributed by atoms with E-state index in [0.29, 0.717) is 5.56 Å². The van der Waals surface area contributed by atoms with Gasteiger partial charge < -0.3 is 5.32 Å². The lowest BCUT2D eigenvalue weighted by Gasteiger charge is -2.07. The summed E-state index contributed by atoms with van der Waals surface area (Å²) < 4.78 is 13.1. The van der Waals surface area contributed by atoms with Crippen molar-refractivity contribution < 1.29 is 14.0 Å². The van der Waals surface area contributed by atoms with Crippen LogP contribution in [0.25, 0.3) is 0 Å². The summed E-state index contributed by atoms with van der Waals surface area (Å²) in [5, 5.41) is 4.39. The van der Waals surface area contributed by atoms with E-state index in [0.717, 1.165) is 6.07 Å². The predicted octanol–water partition coefficient (Wildman–Crippen LogP) is 1.36. The van der Waals surface area contributed by atoms with Crippen LogP contribution in [0.3, 0.4) is 0 Å². The Bertz CT molecular complexity index is 450. The highest BCUT2D eigenvalue weighted by atomic mass is 35.5. The van der Waals surface area contributed by atoms with Gasteiger partial charge >= 0.3 is 6.03 Å². The second kappa shape index (κ2) is 3.51. The van der Waals surface area contributed by atoms with E-state index in [1.54, 1.807) is 0 Å². The van der Waals surface area contributed by atoms with Crippen LogP contribution in [0.1, 0.15) is 11.6 Å². The van der Waals surface area contributed by atoms with E-state index in [4.69, 9.17) is 11.6 Å². The van der Waals surface area contributed by atoms with Crippen LogP contribution in [0.15, 0.2) is 18.2 Å². The van der Waals surface area contributed by atoms with Crippen molar-refractivity contribution in [1.29, 1.82) is 0 Å². The minimum Gasteiger partial charge on any atom is -0.322 e. The number of hydrogen-bond donors (Lipinski definition) is 2. The fraction of sp³-hybridized carbons (Fsp3) is 0.111. The van der Waals surface area contributed by atoms with E-state index >= 15 is 0 Å². The van der Waals surface area contributed by atoms with E-state index in [-0.39, 0.29) is 5.02 Å². The monoisotopic (exact) mass is 228 g/mol. The maximum absolute atomic E-state index is 13.1. The van der Waals surface area contributed by atoms with Gasteiger partial charge in [0.1, 0.15) is 11.9 Å². The molecule has 0 spiro atoms. The molecule has 15 heavy (non-hydrogen) atoms. The summed E-state index contributed by atoms with van der Waals surface area (Å²) in [6.45, 7) is 0. The molecule has 6 heteroatoms. The molecule has 0 radical (unpaired) electrons. The number of carbonyl (C=O) groups is 2. The molecule has 1 atom stereocenters. The van der Waals surface area contributed by atoms with Gasteiger partial charge in [0.25, 0.3) is 5.91 Å². The maximum Gasteiger partial charge on any atom is 0.322 e. The zero-order valence-corrected chi connectivity index (χ0v) is 8.14. The van der Waals surface area contributed by atoms with Gasteiger partial charge in [-0.3, -0.25) is 10.1 Å². The number of imide groups is 1. The van der Waals surface area contributed by atoms with Crippen LogP contribution in [-0.4, -0.2) is 11.9 Å². The van der Waals surface area contributed by atoms with E-state index < -0.39 is 23.8 Å². The van der Waals surface area contributed by atoms with Gasteiger partial charge in [-0.1, -0.05) is 17.7 Å². The van der Waals surface area contributed by atoms with Crippen molar-refractivity contribution in [1.82, 2.24) is 10.6 Å². The van der Waals surface area contributed by atoms with Gasteiger partial charge in [-0.15, -0.1) is 0 Å². The van der Waals surface area contributed by atoms with Crippen molar-refractivity contribution in [3.8, 4) is 0 Å². The Morgan fingerprint density at radius 1 is 1.33 bits per heavy atom. The molecule has 0 saturated carbocycles. The van der Waals surface area contributed by atoms with Gasteiger partial charge in [0.15, 0.2) is 0 Å². The maximum atomic E-state index is 13.1. The summed E-state index contributed by atoms with van der Waals surface area (Å²) in [4.78, 5) is 22.1. The second-order valence-corrected chi connectivity index (χ2v) is 3.48. The number of benzene rings is 1. The average molecular weight is 229 g/mol. The Morgan fingerprint density at radius 3 is 2.60 bits per heavy atom. The number of halogens is 2. The number of nitrogens with one attached hydrogen (secondary N) is 2. The number of amides is 3. The van der Waals surface area contributed by atoms with Crippen molar-refractivity contribution in [3.05, 3.63) is 34.6 Å². The van der Waals surface area contributed by atoms with E-state index in [9.17, 15) is 14.0 Å². The number of carbonyl (C=O) groups excluding carboxylic acids is 2. The van der Waals surface area contributed by atoms with E-state index in [2.05, 4.69) is 10.6 Å². The minimum absolute atomic E-state index is 0.0246. The Labute approximate surface area is 89.4 Å². The molecule has 0 aliphatic carbocycles. The Kier molecular flexibility index (Phi) is 2.32. The van der Waals surface area contributed by atoms with Crippen LogP contribution in [0.5, 0.6) is 0 Å². The molecule has 1 fully saturated rings. The topological polar surface area (TPSA) is 58.2 Å². The zero-order chi connectivity index (χ0) is 11.0. The first kappa shape index (κ1) is 9.92. The van der Waals surface area contributed by atoms with Crippen LogP contribution in [0, 0.1) is 5.82 Å². The van der Waals surface area contributed by atoms with Gasteiger partial charge in [0, 0.05) is 0 Å². The number of urea groups is 1. The summed E-state index contributed by atoms with van der Waals surface area (Å²) in [5.41, 5.74) is 0.361. The fourth-order valence-electron chi connectivity index (χ4n) is 1.34. The van der Waals surface area contributed by atoms with E-state index in [1.165, 1.54) is 12.1 Å². The normalized spacial score (nSPS) is 20.0. The Hall–Kier alpha value is -1.62. The lowest BCUT2D eigenvalue weighted by Crippen LogP contribution is -2.22. The van der Waals surface area contributed by atoms with Crippen molar-refractivity contribution >= 4 is 23.5 Å². The molecule has 0 bridgehead atoms. The molecule has 1 heterocycles.